The summed E-state index contributed by atoms with van der Waals surface area (Å²) in [5.41, 5.74) is 1.99. The predicted octanol–water partition coefficient (Wildman–Crippen LogP) is 2.00. The molecule has 3 aromatic rings. The van der Waals surface area contributed by atoms with Crippen molar-refractivity contribution in [1.29, 1.82) is 0 Å². The largest absolute Gasteiger partial charge is 0.493 e. The van der Waals surface area contributed by atoms with Crippen LogP contribution in [0.2, 0.25) is 0 Å². The van der Waals surface area contributed by atoms with Crippen LogP contribution < -0.4 is 20.4 Å². The minimum absolute atomic E-state index is 0.183. The molecule has 198 valence electrons. The number of hydrogen-bond donors (Lipinski definition) is 1. The van der Waals surface area contributed by atoms with Crippen LogP contribution in [0.3, 0.4) is 0 Å². The molecule has 0 spiro atoms. The Kier molecular flexibility index (Phi) is 7.30. The number of ether oxygens (including phenoxy) is 1. The monoisotopic (exact) mass is 518 g/mol. The second-order valence-electron chi connectivity index (χ2n) is 9.41. The molecule has 5 rings (SSSR count). The van der Waals surface area contributed by atoms with Crippen LogP contribution in [0, 0.1) is 0 Å². The highest BCUT2D eigenvalue weighted by atomic mass is 16.5. The summed E-state index contributed by atoms with van der Waals surface area (Å²) in [6.45, 7) is 3.48. The predicted molar refractivity (Wildman–Crippen MR) is 141 cm³/mol. The highest BCUT2D eigenvalue weighted by molar-refractivity contribution is 5.96. The molecule has 0 atom stereocenters. The lowest BCUT2D eigenvalue weighted by Gasteiger charge is -2.37. The molecule has 2 aliphatic heterocycles. The molecule has 38 heavy (non-hydrogen) atoms. The topological polar surface area (TPSA) is 112 Å². The van der Waals surface area contributed by atoms with E-state index in [1.807, 2.05) is 17.0 Å². The second-order valence-corrected chi connectivity index (χ2v) is 9.41. The number of rotatable bonds is 7. The Morgan fingerprint density at radius 1 is 1.00 bits per heavy atom. The molecule has 3 heterocycles. The number of benzene rings is 2. The summed E-state index contributed by atoms with van der Waals surface area (Å²) in [4.78, 5) is 55.9. The third kappa shape index (κ3) is 5.20. The van der Waals surface area contributed by atoms with Crippen molar-refractivity contribution in [1.82, 2.24) is 15.1 Å². The Morgan fingerprint density at radius 3 is 2.53 bits per heavy atom. The van der Waals surface area contributed by atoms with Crippen LogP contribution in [-0.4, -0.2) is 73.9 Å². The zero-order chi connectivity index (χ0) is 26.6. The van der Waals surface area contributed by atoms with E-state index in [0.717, 1.165) is 30.3 Å². The van der Waals surface area contributed by atoms with Crippen molar-refractivity contribution in [2.24, 2.45) is 0 Å². The molecule has 0 unspecified atom stereocenters. The summed E-state index contributed by atoms with van der Waals surface area (Å²) in [6.07, 6.45) is 1.51. The van der Waals surface area contributed by atoms with Gasteiger partial charge in [-0.25, -0.2) is 0 Å². The van der Waals surface area contributed by atoms with Gasteiger partial charge in [0.2, 0.25) is 11.8 Å². The average molecular weight is 519 g/mol. The van der Waals surface area contributed by atoms with Gasteiger partial charge >= 0.3 is 0 Å². The fourth-order valence-corrected chi connectivity index (χ4v) is 5.01. The third-order valence-corrected chi connectivity index (χ3v) is 7.06. The zero-order valence-electron chi connectivity index (χ0n) is 21.3. The SMILES string of the molecule is COc1cccc2c(=O)cc(C(=O)NCC(=O)N3CCN(c4ccccc4CN4CCCC4=O)CC3)oc12. The molecule has 2 aromatic carbocycles. The molecule has 0 radical (unpaired) electrons. The van der Waals surface area contributed by atoms with Crippen LogP contribution in [-0.2, 0) is 16.1 Å². The Bertz CT molecular complexity index is 1430. The molecule has 10 heteroatoms. The number of fused-ring (bicyclic) bond motifs is 1. The molecule has 2 saturated heterocycles. The van der Waals surface area contributed by atoms with E-state index >= 15 is 0 Å². The quantitative estimate of drug-likeness (QED) is 0.509. The number of methoxy groups -OCH3 is 1. The Balaban J connectivity index is 1.18. The minimum Gasteiger partial charge on any atom is -0.493 e. The molecule has 0 bridgehead atoms. The summed E-state index contributed by atoms with van der Waals surface area (Å²) in [5, 5.41) is 2.88. The molecule has 2 aliphatic rings. The fourth-order valence-electron chi connectivity index (χ4n) is 5.01. The van der Waals surface area contributed by atoms with Gasteiger partial charge in [-0.15, -0.1) is 0 Å². The van der Waals surface area contributed by atoms with Crippen molar-refractivity contribution in [2.75, 3.05) is 51.3 Å². The van der Waals surface area contributed by atoms with Gasteiger partial charge in [-0.1, -0.05) is 24.3 Å². The van der Waals surface area contributed by atoms with Gasteiger partial charge in [-0.2, -0.15) is 0 Å². The van der Waals surface area contributed by atoms with Crippen LogP contribution in [0.4, 0.5) is 5.69 Å². The molecular formula is C28H30N4O6. The van der Waals surface area contributed by atoms with Crippen LogP contribution in [0.1, 0.15) is 29.0 Å². The van der Waals surface area contributed by atoms with Gasteiger partial charge in [0.05, 0.1) is 19.0 Å². The van der Waals surface area contributed by atoms with E-state index in [2.05, 4.69) is 22.3 Å². The first-order chi connectivity index (χ1) is 18.4. The van der Waals surface area contributed by atoms with Crippen molar-refractivity contribution in [3.8, 4) is 5.75 Å². The van der Waals surface area contributed by atoms with Crippen LogP contribution in [0.25, 0.3) is 11.0 Å². The number of carbonyl (C=O) groups excluding carboxylic acids is 3. The van der Waals surface area contributed by atoms with Gasteiger partial charge < -0.3 is 29.2 Å². The summed E-state index contributed by atoms with van der Waals surface area (Å²) >= 11 is 0. The van der Waals surface area contributed by atoms with Crippen molar-refractivity contribution < 1.29 is 23.5 Å². The summed E-state index contributed by atoms with van der Waals surface area (Å²) < 4.78 is 10.9. The number of anilines is 1. The molecule has 1 aromatic heterocycles. The van der Waals surface area contributed by atoms with E-state index in [0.29, 0.717) is 50.3 Å². The Hall–Kier alpha value is -4.34. The third-order valence-electron chi connectivity index (χ3n) is 7.06. The highest BCUT2D eigenvalue weighted by Gasteiger charge is 2.25. The minimum atomic E-state index is -0.646. The Labute approximate surface area is 219 Å². The van der Waals surface area contributed by atoms with Crippen LogP contribution >= 0.6 is 0 Å². The average Bonchev–Trinajstić information content (AvgIpc) is 3.35. The van der Waals surface area contributed by atoms with E-state index in [1.165, 1.54) is 7.11 Å². The molecule has 0 aliphatic carbocycles. The van der Waals surface area contributed by atoms with Gasteiger partial charge in [-0.05, 0) is 30.2 Å². The molecule has 1 N–H and O–H groups in total. The number of amides is 3. The van der Waals surface area contributed by atoms with Gasteiger partial charge in [0.25, 0.3) is 5.91 Å². The van der Waals surface area contributed by atoms with E-state index < -0.39 is 5.91 Å². The van der Waals surface area contributed by atoms with Crippen molar-refractivity contribution in [2.45, 2.75) is 19.4 Å². The van der Waals surface area contributed by atoms with Gasteiger partial charge in [0, 0.05) is 57.4 Å². The normalized spacial score (nSPS) is 15.7. The standard InChI is InChI=1S/C28H30N4O6/c1-37-23-9-4-7-20-22(33)16-24(38-27(20)23)28(36)29-17-26(35)31-14-12-30(13-15-31)21-8-3-2-6-19(21)18-32-11-5-10-25(32)34/h2-4,6-9,16H,5,10-15,17-18H2,1H3,(H,29,36). The Morgan fingerprint density at radius 2 is 1.79 bits per heavy atom. The smallest absolute Gasteiger partial charge is 0.287 e. The maximum absolute atomic E-state index is 12.8. The number of likely N-dealkylation sites (tertiary alicyclic amines) is 1. The number of nitrogens with one attached hydrogen (secondary N) is 1. The summed E-state index contributed by atoms with van der Waals surface area (Å²) in [6, 6.07) is 14.1. The van der Waals surface area contributed by atoms with Crippen LogP contribution in [0.5, 0.6) is 5.75 Å². The number of nitrogens with zero attached hydrogens (tertiary/aromatic N) is 3. The first-order valence-electron chi connectivity index (χ1n) is 12.7. The fraction of sp³-hybridized carbons (Fsp3) is 0.357. The van der Waals surface area contributed by atoms with Crippen molar-refractivity contribution >= 4 is 34.4 Å². The summed E-state index contributed by atoms with van der Waals surface area (Å²) in [7, 11) is 1.45. The summed E-state index contributed by atoms with van der Waals surface area (Å²) in [5.74, 6) is -0.504. The molecule has 0 saturated carbocycles. The maximum Gasteiger partial charge on any atom is 0.287 e. The molecule has 2 fully saturated rings. The van der Waals surface area contributed by atoms with E-state index in [1.54, 1.807) is 23.1 Å². The zero-order valence-corrected chi connectivity index (χ0v) is 21.3. The lowest BCUT2D eigenvalue weighted by Crippen LogP contribution is -2.51. The second kappa shape index (κ2) is 11.0. The van der Waals surface area contributed by atoms with E-state index in [9.17, 15) is 19.2 Å². The maximum atomic E-state index is 12.8. The first kappa shape index (κ1) is 25.3. The van der Waals surface area contributed by atoms with Gasteiger partial charge in [0.1, 0.15) is 0 Å². The number of carbonyl (C=O) groups is 3. The molecular weight excluding hydrogens is 488 g/mol. The number of hydrogen-bond acceptors (Lipinski definition) is 7. The molecule has 3 amide bonds. The van der Waals surface area contributed by atoms with Crippen LogP contribution in [0.15, 0.2) is 57.7 Å². The van der Waals surface area contributed by atoms with Gasteiger partial charge in [0.15, 0.2) is 22.5 Å². The highest BCUT2D eigenvalue weighted by Crippen LogP contribution is 2.26. The first-order valence-corrected chi connectivity index (χ1v) is 12.7. The lowest BCUT2D eigenvalue weighted by atomic mass is 10.1. The number of piperazine rings is 1. The van der Waals surface area contributed by atoms with Gasteiger partial charge in [-0.3, -0.25) is 19.2 Å². The van der Waals surface area contributed by atoms with Crippen molar-refractivity contribution in [3.63, 3.8) is 0 Å². The number of para-hydroxylation sites is 2. The van der Waals surface area contributed by atoms with E-state index in [4.69, 9.17) is 9.15 Å². The molecule has 10 nitrogen and oxygen atoms in total. The van der Waals surface area contributed by atoms with Crippen molar-refractivity contribution in [3.05, 3.63) is 70.1 Å². The lowest BCUT2D eigenvalue weighted by molar-refractivity contribution is -0.130. The van der Waals surface area contributed by atoms with E-state index in [-0.39, 0.29) is 35.1 Å².